The number of para-hydroxylation sites is 1. The monoisotopic (exact) mass is 417 g/mol. The number of aryl methyl sites for hydroxylation is 2. The number of carbonyl (C=O) groups excluding carboxylic acids is 2. The van der Waals surface area contributed by atoms with E-state index in [9.17, 15) is 9.59 Å². The van der Waals surface area contributed by atoms with Crippen molar-refractivity contribution in [2.75, 3.05) is 17.7 Å². The molecule has 158 valence electrons. The first-order chi connectivity index (χ1) is 14.9. The highest BCUT2D eigenvalue weighted by Crippen LogP contribution is 2.36. The molecule has 0 radical (unpaired) electrons. The molecule has 8 nitrogen and oxygen atoms in total. The maximum Gasteiger partial charge on any atom is 0.337 e. The Labute approximate surface area is 179 Å². The number of fused-ring (bicyclic) bond motifs is 1. The molecule has 0 fully saturated rings. The standard InChI is InChI=1S/C23H23N5O3/c1-13-7-5-6-8-18(13)26-21(29)19-14(2)24-23-25-15(3)27-28(23)20(19)16-9-11-17(12-10-16)22(30)31-4/h5-12,20H,1-4H3,(H,26,29)(H,24,25,27). The second-order valence-electron chi connectivity index (χ2n) is 7.38. The van der Waals surface area contributed by atoms with Gasteiger partial charge in [0.25, 0.3) is 5.91 Å². The van der Waals surface area contributed by atoms with Gasteiger partial charge < -0.3 is 15.4 Å². The summed E-state index contributed by atoms with van der Waals surface area (Å²) in [6, 6.07) is 14.1. The van der Waals surface area contributed by atoms with E-state index in [1.54, 1.807) is 35.9 Å². The van der Waals surface area contributed by atoms with E-state index in [2.05, 4.69) is 20.7 Å². The van der Waals surface area contributed by atoms with Crippen LogP contribution in [0.25, 0.3) is 0 Å². The van der Waals surface area contributed by atoms with Gasteiger partial charge in [0.2, 0.25) is 5.95 Å². The van der Waals surface area contributed by atoms with Crippen LogP contribution in [0, 0.1) is 13.8 Å². The first kappa shape index (κ1) is 20.3. The van der Waals surface area contributed by atoms with Gasteiger partial charge in [-0.15, -0.1) is 0 Å². The van der Waals surface area contributed by atoms with Crippen molar-refractivity contribution in [1.82, 2.24) is 14.8 Å². The zero-order chi connectivity index (χ0) is 22.1. The Morgan fingerprint density at radius 2 is 1.77 bits per heavy atom. The lowest BCUT2D eigenvalue weighted by Crippen LogP contribution is -2.31. The molecule has 1 unspecified atom stereocenters. The van der Waals surface area contributed by atoms with Crippen molar-refractivity contribution in [2.24, 2.45) is 0 Å². The molecule has 0 bridgehead atoms. The molecule has 3 aromatic rings. The SMILES string of the molecule is COC(=O)c1ccc(C2C(C(=O)Nc3ccccc3C)=C(C)Nc3nc(C)nn32)cc1. The Balaban J connectivity index is 1.77. The van der Waals surface area contributed by atoms with Gasteiger partial charge in [-0.3, -0.25) is 4.79 Å². The summed E-state index contributed by atoms with van der Waals surface area (Å²) in [6.07, 6.45) is 0. The average Bonchev–Trinajstić information content (AvgIpc) is 3.13. The summed E-state index contributed by atoms with van der Waals surface area (Å²) < 4.78 is 6.48. The Kier molecular flexibility index (Phi) is 5.29. The predicted molar refractivity (Wildman–Crippen MR) is 117 cm³/mol. The van der Waals surface area contributed by atoms with Gasteiger partial charge in [-0.25, -0.2) is 9.48 Å². The van der Waals surface area contributed by atoms with Crippen molar-refractivity contribution in [2.45, 2.75) is 26.8 Å². The van der Waals surface area contributed by atoms with Crippen molar-refractivity contribution in [3.8, 4) is 0 Å². The Bertz CT molecular complexity index is 1190. The number of nitrogens with one attached hydrogen (secondary N) is 2. The van der Waals surface area contributed by atoms with Crippen LogP contribution in [0.1, 0.15) is 40.3 Å². The second-order valence-corrected chi connectivity index (χ2v) is 7.38. The summed E-state index contributed by atoms with van der Waals surface area (Å²) in [5, 5.41) is 10.7. The molecule has 4 rings (SSSR count). The number of methoxy groups -OCH3 is 1. The minimum Gasteiger partial charge on any atom is -0.465 e. The van der Waals surface area contributed by atoms with Gasteiger partial charge >= 0.3 is 5.97 Å². The van der Waals surface area contributed by atoms with Crippen molar-refractivity contribution in [3.63, 3.8) is 0 Å². The van der Waals surface area contributed by atoms with E-state index < -0.39 is 12.0 Å². The van der Waals surface area contributed by atoms with Gasteiger partial charge in [0.15, 0.2) is 0 Å². The smallest absolute Gasteiger partial charge is 0.337 e. The number of anilines is 2. The molecular weight excluding hydrogens is 394 g/mol. The van der Waals surface area contributed by atoms with Gasteiger partial charge in [0.05, 0.1) is 18.2 Å². The third-order valence-electron chi connectivity index (χ3n) is 5.24. The molecule has 0 saturated carbocycles. The number of hydrogen-bond acceptors (Lipinski definition) is 6. The van der Waals surface area contributed by atoms with E-state index in [0.29, 0.717) is 28.6 Å². The Morgan fingerprint density at radius 1 is 1.06 bits per heavy atom. The van der Waals surface area contributed by atoms with Crippen LogP contribution in [0.5, 0.6) is 0 Å². The number of carbonyl (C=O) groups is 2. The van der Waals surface area contributed by atoms with Crippen LogP contribution in [0.4, 0.5) is 11.6 Å². The van der Waals surface area contributed by atoms with Crippen molar-refractivity contribution in [3.05, 3.63) is 82.3 Å². The fraction of sp³-hybridized carbons (Fsp3) is 0.217. The summed E-state index contributed by atoms with van der Waals surface area (Å²) in [7, 11) is 1.34. The third-order valence-corrected chi connectivity index (χ3v) is 5.24. The normalized spacial score (nSPS) is 15.2. The highest BCUT2D eigenvalue weighted by Gasteiger charge is 2.34. The minimum atomic E-state index is -0.506. The van der Waals surface area contributed by atoms with E-state index in [0.717, 1.165) is 16.8 Å². The number of allylic oxidation sites excluding steroid dienone is 1. The molecule has 1 aliphatic heterocycles. The quantitative estimate of drug-likeness (QED) is 0.630. The largest absolute Gasteiger partial charge is 0.465 e. The third kappa shape index (κ3) is 3.79. The van der Waals surface area contributed by atoms with Gasteiger partial charge in [-0.2, -0.15) is 10.1 Å². The fourth-order valence-corrected chi connectivity index (χ4v) is 3.68. The van der Waals surface area contributed by atoms with Gasteiger partial charge in [-0.05, 0) is 50.1 Å². The number of amides is 1. The van der Waals surface area contributed by atoms with E-state index in [1.807, 2.05) is 38.1 Å². The predicted octanol–water partition coefficient (Wildman–Crippen LogP) is 3.61. The first-order valence-electron chi connectivity index (χ1n) is 9.85. The van der Waals surface area contributed by atoms with Crippen LogP contribution in [0.2, 0.25) is 0 Å². The zero-order valence-electron chi connectivity index (χ0n) is 17.8. The summed E-state index contributed by atoms with van der Waals surface area (Å²) in [4.78, 5) is 29.7. The number of esters is 1. The minimum absolute atomic E-state index is 0.236. The van der Waals surface area contributed by atoms with Crippen molar-refractivity contribution < 1.29 is 14.3 Å². The number of aromatic nitrogens is 3. The highest BCUT2D eigenvalue weighted by atomic mass is 16.5. The molecule has 2 N–H and O–H groups in total. The fourth-order valence-electron chi connectivity index (χ4n) is 3.68. The maximum atomic E-state index is 13.4. The number of hydrogen-bond donors (Lipinski definition) is 2. The Morgan fingerprint density at radius 3 is 2.45 bits per heavy atom. The maximum absolute atomic E-state index is 13.4. The molecule has 2 heterocycles. The Hall–Kier alpha value is -3.94. The molecule has 0 saturated heterocycles. The van der Waals surface area contributed by atoms with Crippen LogP contribution < -0.4 is 10.6 Å². The molecule has 0 aliphatic carbocycles. The van der Waals surface area contributed by atoms with Crippen molar-refractivity contribution in [1.29, 1.82) is 0 Å². The average molecular weight is 417 g/mol. The molecule has 0 spiro atoms. The van der Waals surface area contributed by atoms with Crippen LogP contribution >= 0.6 is 0 Å². The molecule has 1 amide bonds. The number of benzene rings is 2. The summed E-state index contributed by atoms with van der Waals surface area (Å²) in [5.41, 5.74) is 4.15. The highest BCUT2D eigenvalue weighted by molar-refractivity contribution is 6.06. The molecular formula is C23H23N5O3. The van der Waals surface area contributed by atoms with E-state index in [1.165, 1.54) is 7.11 Å². The topological polar surface area (TPSA) is 98.1 Å². The van der Waals surface area contributed by atoms with E-state index in [-0.39, 0.29) is 5.91 Å². The molecule has 1 atom stereocenters. The number of ether oxygens (including phenoxy) is 1. The second kappa shape index (κ2) is 8.06. The van der Waals surface area contributed by atoms with Crippen LogP contribution in [0.15, 0.2) is 59.8 Å². The van der Waals surface area contributed by atoms with Crippen LogP contribution in [-0.4, -0.2) is 33.8 Å². The number of rotatable bonds is 4. The van der Waals surface area contributed by atoms with Crippen molar-refractivity contribution >= 4 is 23.5 Å². The summed E-state index contributed by atoms with van der Waals surface area (Å²) in [5.74, 6) is 0.495. The molecule has 1 aromatic heterocycles. The lowest BCUT2D eigenvalue weighted by Gasteiger charge is -2.29. The molecule has 2 aromatic carbocycles. The lowest BCUT2D eigenvalue weighted by molar-refractivity contribution is -0.113. The lowest BCUT2D eigenvalue weighted by atomic mass is 9.94. The van der Waals surface area contributed by atoms with E-state index >= 15 is 0 Å². The summed E-state index contributed by atoms with van der Waals surface area (Å²) in [6.45, 7) is 5.58. The van der Waals surface area contributed by atoms with Crippen LogP contribution in [0.3, 0.4) is 0 Å². The van der Waals surface area contributed by atoms with Crippen LogP contribution in [-0.2, 0) is 9.53 Å². The van der Waals surface area contributed by atoms with E-state index in [4.69, 9.17) is 4.74 Å². The number of nitrogens with zero attached hydrogens (tertiary/aromatic N) is 3. The molecule has 31 heavy (non-hydrogen) atoms. The molecule has 8 heteroatoms. The first-order valence-corrected chi connectivity index (χ1v) is 9.85. The summed E-state index contributed by atoms with van der Waals surface area (Å²) >= 11 is 0. The van der Waals surface area contributed by atoms with Gasteiger partial charge in [-0.1, -0.05) is 30.3 Å². The van der Waals surface area contributed by atoms with Gasteiger partial charge in [0.1, 0.15) is 11.9 Å². The molecule has 1 aliphatic rings. The van der Waals surface area contributed by atoms with Gasteiger partial charge in [0, 0.05) is 11.4 Å². The zero-order valence-corrected chi connectivity index (χ0v) is 17.8.